The van der Waals surface area contributed by atoms with Crippen LogP contribution in [0.15, 0.2) is 24.3 Å². The number of amides is 2. The lowest BCUT2D eigenvalue weighted by molar-refractivity contribution is -0.139. The zero-order valence-electron chi connectivity index (χ0n) is 10.4. The summed E-state index contributed by atoms with van der Waals surface area (Å²) in [6.45, 7) is 4.24. The van der Waals surface area contributed by atoms with Crippen LogP contribution < -0.4 is 4.90 Å². The molecule has 1 atom stereocenters. The van der Waals surface area contributed by atoms with Crippen LogP contribution in [0, 0.1) is 0 Å². The summed E-state index contributed by atoms with van der Waals surface area (Å²) in [5.41, 5.74) is 0.708. The third-order valence-electron chi connectivity index (χ3n) is 3.20. The molecule has 0 bridgehead atoms. The average molecular weight is 267 g/mol. The summed E-state index contributed by atoms with van der Waals surface area (Å²) < 4.78 is 0. The molecule has 2 amide bonds. The van der Waals surface area contributed by atoms with Crippen molar-refractivity contribution in [3.63, 3.8) is 0 Å². The van der Waals surface area contributed by atoms with Crippen LogP contribution in [-0.2, 0) is 9.59 Å². The number of anilines is 1. The maximum atomic E-state index is 12.3. The van der Waals surface area contributed by atoms with Gasteiger partial charge in [0.05, 0.1) is 10.7 Å². The number of halogens is 1. The van der Waals surface area contributed by atoms with E-state index in [0.717, 1.165) is 0 Å². The van der Waals surface area contributed by atoms with Crippen molar-refractivity contribution in [1.82, 2.24) is 4.90 Å². The first kappa shape index (κ1) is 12.9. The monoisotopic (exact) mass is 266 g/mol. The highest BCUT2D eigenvalue weighted by molar-refractivity contribution is 6.33. The van der Waals surface area contributed by atoms with E-state index < -0.39 is 6.04 Å². The lowest BCUT2D eigenvalue weighted by Gasteiger charge is -2.38. The van der Waals surface area contributed by atoms with Gasteiger partial charge in [-0.1, -0.05) is 23.7 Å². The van der Waals surface area contributed by atoms with E-state index in [0.29, 0.717) is 23.8 Å². The molecule has 1 aliphatic rings. The highest BCUT2D eigenvalue weighted by Crippen LogP contribution is 2.27. The van der Waals surface area contributed by atoms with E-state index in [1.54, 1.807) is 22.8 Å². The van der Waals surface area contributed by atoms with Gasteiger partial charge in [0, 0.05) is 20.0 Å². The van der Waals surface area contributed by atoms with Crippen LogP contribution in [0.1, 0.15) is 13.8 Å². The van der Waals surface area contributed by atoms with Gasteiger partial charge in [-0.05, 0) is 19.1 Å². The molecule has 4 nitrogen and oxygen atoms in total. The van der Waals surface area contributed by atoms with Crippen LogP contribution in [0.4, 0.5) is 5.69 Å². The minimum absolute atomic E-state index is 0.0744. The Morgan fingerprint density at radius 3 is 2.61 bits per heavy atom. The Hall–Kier alpha value is -1.55. The van der Waals surface area contributed by atoms with Crippen LogP contribution in [0.2, 0.25) is 5.02 Å². The van der Waals surface area contributed by atoms with Crippen molar-refractivity contribution in [3.8, 4) is 0 Å². The zero-order chi connectivity index (χ0) is 13.3. The Kier molecular flexibility index (Phi) is 3.57. The summed E-state index contributed by atoms with van der Waals surface area (Å²) in [5, 5.41) is 0.550. The lowest BCUT2D eigenvalue weighted by atomic mass is 10.1. The van der Waals surface area contributed by atoms with E-state index in [2.05, 4.69) is 0 Å². The second-order valence-corrected chi connectivity index (χ2v) is 4.74. The van der Waals surface area contributed by atoms with Crippen LogP contribution in [0.5, 0.6) is 0 Å². The molecule has 1 aromatic rings. The molecule has 1 saturated heterocycles. The Balaban J connectivity index is 2.26. The molecule has 1 aliphatic heterocycles. The molecule has 0 N–H and O–H groups in total. The second-order valence-electron chi connectivity index (χ2n) is 4.33. The van der Waals surface area contributed by atoms with E-state index in [1.807, 2.05) is 18.2 Å². The zero-order valence-corrected chi connectivity index (χ0v) is 11.1. The molecule has 0 aromatic heterocycles. The Morgan fingerprint density at radius 1 is 1.33 bits per heavy atom. The molecule has 1 unspecified atom stereocenters. The second kappa shape index (κ2) is 4.98. The number of nitrogens with zero attached hydrogens (tertiary/aromatic N) is 2. The van der Waals surface area contributed by atoms with Crippen LogP contribution >= 0.6 is 11.6 Å². The van der Waals surface area contributed by atoms with Crippen LogP contribution in [0.25, 0.3) is 0 Å². The molecule has 96 valence electrons. The van der Waals surface area contributed by atoms with E-state index in [-0.39, 0.29) is 11.8 Å². The van der Waals surface area contributed by atoms with E-state index in [4.69, 9.17) is 11.6 Å². The topological polar surface area (TPSA) is 40.6 Å². The molecule has 5 heteroatoms. The minimum atomic E-state index is -0.437. The number of carbonyl (C=O) groups excluding carboxylic acids is 2. The quantitative estimate of drug-likeness (QED) is 0.779. The van der Waals surface area contributed by atoms with E-state index in [1.165, 1.54) is 6.92 Å². The molecule has 1 aromatic carbocycles. The predicted molar refractivity (Wildman–Crippen MR) is 70.7 cm³/mol. The van der Waals surface area contributed by atoms with E-state index in [9.17, 15) is 9.59 Å². The van der Waals surface area contributed by atoms with E-state index >= 15 is 0 Å². The number of hydrogen-bond donors (Lipinski definition) is 0. The number of rotatable bonds is 1. The molecular weight excluding hydrogens is 252 g/mol. The molecule has 0 aliphatic carbocycles. The summed E-state index contributed by atoms with van der Waals surface area (Å²) in [5.74, 6) is -0.167. The molecule has 0 spiro atoms. The first-order chi connectivity index (χ1) is 8.52. The van der Waals surface area contributed by atoms with Gasteiger partial charge in [-0.15, -0.1) is 0 Å². The maximum Gasteiger partial charge on any atom is 0.249 e. The summed E-state index contributed by atoms with van der Waals surface area (Å²) in [6.07, 6.45) is 0. The molecule has 0 radical (unpaired) electrons. The van der Waals surface area contributed by atoms with Gasteiger partial charge in [-0.2, -0.15) is 0 Å². The highest BCUT2D eigenvalue weighted by Gasteiger charge is 2.34. The first-order valence-electron chi connectivity index (χ1n) is 5.85. The third-order valence-corrected chi connectivity index (χ3v) is 3.52. The smallest absolute Gasteiger partial charge is 0.249 e. The number of piperazine rings is 1. The van der Waals surface area contributed by atoms with Gasteiger partial charge in [0.25, 0.3) is 0 Å². The number of para-hydroxylation sites is 1. The standard InChI is InChI=1S/C13H15ClN2O2/c1-9-13(18)16(8-7-15(9)10(2)17)12-6-4-3-5-11(12)14/h3-6,9H,7-8H2,1-2H3. The van der Waals surface area contributed by atoms with Crippen molar-refractivity contribution in [3.05, 3.63) is 29.3 Å². The van der Waals surface area contributed by atoms with Crippen LogP contribution in [-0.4, -0.2) is 35.8 Å². The molecule has 0 saturated carbocycles. The first-order valence-corrected chi connectivity index (χ1v) is 6.23. The molecule has 1 heterocycles. The van der Waals surface area contributed by atoms with Crippen molar-refractivity contribution >= 4 is 29.1 Å². The normalized spacial score (nSPS) is 20.2. The fourth-order valence-corrected chi connectivity index (χ4v) is 2.45. The Labute approximate surface area is 111 Å². The molecular formula is C13H15ClN2O2. The fourth-order valence-electron chi connectivity index (χ4n) is 2.21. The average Bonchev–Trinajstić information content (AvgIpc) is 2.33. The van der Waals surface area contributed by atoms with Crippen molar-refractivity contribution in [2.45, 2.75) is 19.9 Å². The van der Waals surface area contributed by atoms with Crippen LogP contribution in [0.3, 0.4) is 0 Å². The van der Waals surface area contributed by atoms with Crippen molar-refractivity contribution < 1.29 is 9.59 Å². The van der Waals surface area contributed by atoms with Gasteiger partial charge in [0.1, 0.15) is 6.04 Å². The SMILES string of the molecule is CC(=O)N1CCN(c2ccccc2Cl)C(=O)C1C. The Bertz CT molecular complexity index is 490. The molecule has 2 rings (SSSR count). The molecule has 1 fully saturated rings. The number of carbonyl (C=O) groups is 2. The van der Waals surface area contributed by atoms with Gasteiger partial charge in [-0.25, -0.2) is 0 Å². The summed E-state index contributed by atoms with van der Waals surface area (Å²) in [6, 6.07) is 6.80. The number of hydrogen-bond acceptors (Lipinski definition) is 2. The minimum Gasteiger partial charge on any atom is -0.329 e. The molecule has 18 heavy (non-hydrogen) atoms. The van der Waals surface area contributed by atoms with Crippen molar-refractivity contribution in [2.75, 3.05) is 18.0 Å². The van der Waals surface area contributed by atoms with Crippen molar-refractivity contribution in [2.24, 2.45) is 0 Å². The summed E-state index contributed by atoms with van der Waals surface area (Å²) in [7, 11) is 0. The number of benzene rings is 1. The van der Waals surface area contributed by atoms with Gasteiger partial charge >= 0.3 is 0 Å². The summed E-state index contributed by atoms with van der Waals surface area (Å²) >= 11 is 6.10. The highest BCUT2D eigenvalue weighted by atomic mass is 35.5. The fraction of sp³-hybridized carbons (Fsp3) is 0.385. The predicted octanol–water partition coefficient (Wildman–Crippen LogP) is 1.92. The largest absolute Gasteiger partial charge is 0.329 e. The van der Waals surface area contributed by atoms with Gasteiger partial charge in [-0.3, -0.25) is 9.59 Å². The van der Waals surface area contributed by atoms with Crippen molar-refractivity contribution in [1.29, 1.82) is 0 Å². The lowest BCUT2D eigenvalue weighted by Crippen LogP contribution is -2.57. The third kappa shape index (κ3) is 2.20. The van der Waals surface area contributed by atoms with Gasteiger partial charge in [0.2, 0.25) is 11.8 Å². The van der Waals surface area contributed by atoms with Gasteiger partial charge < -0.3 is 9.80 Å². The Morgan fingerprint density at radius 2 is 2.00 bits per heavy atom. The summed E-state index contributed by atoms with van der Waals surface area (Å²) in [4.78, 5) is 26.9. The van der Waals surface area contributed by atoms with Gasteiger partial charge in [0.15, 0.2) is 0 Å². The maximum absolute atomic E-state index is 12.3.